The molecule has 1 N–H and O–H groups in total. The number of halogens is 1. The van der Waals surface area contributed by atoms with Gasteiger partial charge in [0.2, 0.25) is 0 Å². The molecule has 6 nitrogen and oxygen atoms in total. The fourth-order valence-corrected chi connectivity index (χ4v) is 2.36. The summed E-state index contributed by atoms with van der Waals surface area (Å²) in [5.41, 5.74) is 0.930. The molecule has 100 valence electrons. The van der Waals surface area contributed by atoms with Gasteiger partial charge in [0.1, 0.15) is 0 Å². The minimum atomic E-state index is -0.809. The number of aromatic nitrogens is 4. The topological polar surface area (TPSA) is 80.9 Å². The molecule has 7 heteroatoms. The highest BCUT2D eigenvalue weighted by Crippen LogP contribution is 2.19. The number of nitrogens with zero attached hydrogens (tertiary/aromatic N) is 4. The second-order valence-electron chi connectivity index (χ2n) is 4.40. The molecule has 0 bridgehead atoms. The Morgan fingerprint density at radius 3 is 3.00 bits per heavy atom. The van der Waals surface area contributed by atoms with E-state index in [1.54, 1.807) is 4.68 Å². The summed E-state index contributed by atoms with van der Waals surface area (Å²) in [6, 6.07) is 7.86. The van der Waals surface area contributed by atoms with E-state index in [1.165, 1.54) is 0 Å². The quantitative estimate of drug-likeness (QED) is 0.813. The Hall–Kier alpha value is -1.51. The van der Waals surface area contributed by atoms with Crippen molar-refractivity contribution in [2.45, 2.75) is 19.9 Å². The summed E-state index contributed by atoms with van der Waals surface area (Å²) >= 11 is 2.23. The summed E-state index contributed by atoms with van der Waals surface area (Å²) in [5, 5.41) is 20.4. The third-order valence-electron chi connectivity index (χ3n) is 2.62. The Labute approximate surface area is 124 Å². The summed E-state index contributed by atoms with van der Waals surface area (Å²) in [4.78, 5) is 10.7. The van der Waals surface area contributed by atoms with E-state index in [1.807, 2.05) is 31.2 Å². The first kappa shape index (κ1) is 13.9. The molecule has 1 aromatic heterocycles. The van der Waals surface area contributed by atoms with Crippen LogP contribution in [0.5, 0.6) is 0 Å². The zero-order valence-corrected chi connectivity index (χ0v) is 12.5. The zero-order chi connectivity index (χ0) is 13.8. The monoisotopic (exact) mass is 372 g/mol. The molecule has 0 saturated heterocycles. The van der Waals surface area contributed by atoms with E-state index in [-0.39, 0.29) is 12.3 Å². The minimum Gasteiger partial charge on any atom is -0.481 e. The van der Waals surface area contributed by atoms with Crippen molar-refractivity contribution in [3.63, 3.8) is 0 Å². The van der Waals surface area contributed by atoms with Gasteiger partial charge in [-0.1, -0.05) is 19.1 Å². The van der Waals surface area contributed by atoms with Gasteiger partial charge in [0.25, 0.3) is 0 Å². The Bertz CT molecular complexity index is 585. The molecule has 1 atom stereocenters. The van der Waals surface area contributed by atoms with Crippen LogP contribution < -0.4 is 0 Å². The second kappa shape index (κ2) is 6.09. The van der Waals surface area contributed by atoms with Gasteiger partial charge >= 0.3 is 5.97 Å². The number of carbonyl (C=O) groups is 1. The molecule has 0 fully saturated rings. The maximum atomic E-state index is 10.7. The molecule has 0 aliphatic carbocycles. The van der Waals surface area contributed by atoms with E-state index in [0.717, 1.165) is 9.13 Å². The van der Waals surface area contributed by atoms with E-state index < -0.39 is 5.97 Å². The molecule has 1 heterocycles. The maximum absolute atomic E-state index is 10.7. The molecule has 2 aromatic rings. The fourth-order valence-electron chi connectivity index (χ4n) is 1.82. The Kier molecular flexibility index (Phi) is 4.46. The van der Waals surface area contributed by atoms with Crippen LogP contribution in [0.1, 0.15) is 13.3 Å². The zero-order valence-electron chi connectivity index (χ0n) is 10.3. The van der Waals surface area contributed by atoms with Gasteiger partial charge in [-0.3, -0.25) is 4.79 Å². The van der Waals surface area contributed by atoms with Crippen LogP contribution in [-0.4, -0.2) is 31.3 Å². The third-order valence-corrected chi connectivity index (χ3v) is 3.29. The molecular formula is C12H13IN4O2. The van der Waals surface area contributed by atoms with Crippen LogP contribution in [0.25, 0.3) is 11.4 Å². The number of hydrogen-bond acceptors (Lipinski definition) is 4. The number of benzene rings is 1. The predicted octanol–water partition coefficient (Wildman–Crippen LogP) is 2.06. The highest BCUT2D eigenvalue weighted by atomic mass is 127. The van der Waals surface area contributed by atoms with Crippen molar-refractivity contribution in [2.75, 3.05) is 0 Å². The van der Waals surface area contributed by atoms with Gasteiger partial charge in [-0.2, -0.15) is 0 Å². The summed E-state index contributed by atoms with van der Waals surface area (Å²) in [7, 11) is 0. The normalized spacial score (nSPS) is 12.3. The molecule has 0 aliphatic rings. The number of carboxylic acid groups (broad SMARTS) is 1. The lowest BCUT2D eigenvalue weighted by atomic mass is 10.1. The summed E-state index contributed by atoms with van der Waals surface area (Å²) in [6.45, 7) is 2.36. The first-order chi connectivity index (χ1) is 9.06. The summed E-state index contributed by atoms with van der Waals surface area (Å²) < 4.78 is 2.75. The van der Waals surface area contributed by atoms with Crippen molar-refractivity contribution in [2.24, 2.45) is 5.92 Å². The lowest BCUT2D eigenvalue weighted by Gasteiger charge is -2.10. The van der Waals surface area contributed by atoms with E-state index in [4.69, 9.17) is 5.11 Å². The van der Waals surface area contributed by atoms with Gasteiger partial charge in [-0.15, -0.1) is 5.10 Å². The Balaban J connectivity index is 2.20. The van der Waals surface area contributed by atoms with E-state index in [2.05, 4.69) is 38.1 Å². The average Bonchev–Trinajstić information content (AvgIpc) is 2.75. The van der Waals surface area contributed by atoms with Crippen LogP contribution >= 0.6 is 22.6 Å². The van der Waals surface area contributed by atoms with E-state index in [0.29, 0.717) is 12.4 Å². The van der Waals surface area contributed by atoms with Crippen LogP contribution in [-0.2, 0) is 11.3 Å². The fraction of sp³-hybridized carbons (Fsp3) is 0.333. The van der Waals surface area contributed by atoms with Crippen LogP contribution in [0.3, 0.4) is 0 Å². The predicted molar refractivity (Wildman–Crippen MR) is 77.4 cm³/mol. The van der Waals surface area contributed by atoms with Crippen LogP contribution in [0.4, 0.5) is 0 Å². The van der Waals surface area contributed by atoms with Gasteiger partial charge in [-0.05, 0) is 51.1 Å². The number of hydrogen-bond donors (Lipinski definition) is 1. The largest absolute Gasteiger partial charge is 0.481 e. The molecule has 0 spiro atoms. The Morgan fingerprint density at radius 2 is 2.32 bits per heavy atom. The van der Waals surface area contributed by atoms with Crippen molar-refractivity contribution >= 4 is 28.6 Å². The summed E-state index contributed by atoms with van der Waals surface area (Å²) in [6.07, 6.45) is 0.103. The molecule has 1 unspecified atom stereocenters. The Morgan fingerprint density at radius 1 is 1.53 bits per heavy atom. The molecule has 19 heavy (non-hydrogen) atoms. The highest BCUT2D eigenvalue weighted by molar-refractivity contribution is 14.1. The minimum absolute atomic E-state index is 0.0254. The average molecular weight is 372 g/mol. The van der Waals surface area contributed by atoms with Crippen molar-refractivity contribution in [1.29, 1.82) is 0 Å². The van der Waals surface area contributed by atoms with Crippen LogP contribution in [0, 0.1) is 9.49 Å². The lowest BCUT2D eigenvalue weighted by Crippen LogP contribution is -2.14. The molecule has 0 saturated carbocycles. The van der Waals surface area contributed by atoms with Crippen LogP contribution in [0.15, 0.2) is 24.3 Å². The van der Waals surface area contributed by atoms with Crippen molar-refractivity contribution in [3.8, 4) is 11.4 Å². The molecule has 0 radical (unpaired) electrons. The number of tetrazole rings is 1. The van der Waals surface area contributed by atoms with Gasteiger partial charge in [0.15, 0.2) is 5.82 Å². The van der Waals surface area contributed by atoms with Gasteiger partial charge < -0.3 is 5.11 Å². The first-order valence-electron chi connectivity index (χ1n) is 5.80. The van der Waals surface area contributed by atoms with Gasteiger partial charge in [0, 0.05) is 22.1 Å². The molecule has 0 aliphatic heterocycles. The third kappa shape index (κ3) is 3.72. The van der Waals surface area contributed by atoms with Crippen molar-refractivity contribution < 1.29 is 9.90 Å². The summed E-state index contributed by atoms with van der Waals surface area (Å²) in [5.74, 6) is -0.172. The standard InChI is InChI=1S/C12H13IN4O2/c1-8(5-11(18)19)7-17-12(14-15-16-17)9-3-2-4-10(13)6-9/h2-4,6,8H,5,7H2,1H3,(H,18,19). The smallest absolute Gasteiger partial charge is 0.303 e. The molecule has 2 rings (SSSR count). The van der Waals surface area contributed by atoms with Crippen molar-refractivity contribution in [1.82, 2.24) is 20.2 Å². The molecule has 0 amide bonds. The number of aliphatic carboxylic acids is 1. The SMILES string of the molecule is CC(CC(=O)O)Cn1nnnc1-c1cccc(I)c1. The maximum Gasteiger partial charge on any atom is 0.303 e. The van der Waals surface area contributed by atoms with Crippen LogP contribution in [0.2, 0.25) is 0 Å². The van der Waals surface area contributed by atoms with Crippen molar-refractivity contribution in [3.05, 3.63) is 27.8 Å². The van der Waals surface area contributed by atoms with E-state index in [9.17, 15) is 4.79 Å². The molecule has 1 aromatic carbocycles. The first-order valence-corrected chi connectivity index (χ1v) is 6.88. The lowest BCUT2D eigenvalue weighted by molar-refractivity contribution is -0.138. The highest BCUT2D eigenvalue weighted by Gasteiger charge is 2.14. The second-order valence-corrected chi connectivity index (χ2v) is 5.64. The van der Waals surface area contributed by atoms with Gasteiger partial charge in [-0.25, -0.2) is 4.68 Å². The molecular weight excluding hydrogens is 359 g/mol. The van der Waals surface area contributed by atoms with E-state index >= 15 is 0 Å². The van der Waals surface area contributed by atoms with Gasteiger partial charge in [0.05, 0.1) is 0 Å². The number of carboxylic acids is 1. The number of rotatable bonds is 5.